The molecule has 1 rings (SSSR count). The van der Waals surface area contributed by atoms with Crippen molar-refractivity contribution in [3.63, 3.8) is 0 Å². The van der Waals surface area contributed by atoms with Crippen LogP contribution in [0.5, 0.6) is 0 Å². The number of aliphatic hydroxyl groups excluding tert-OH is 1. The zero-order valence-electron chi connectivity index (χ0n) is 10.4. The van der Waals surface area contributed by atoms with Crippen LogP contribution < -0.4 is 0 Å². The number of ether oxygens (including phenoxy) is 4. The van der Waals surface area contributed by atoms with E-state index < -0.39 is 18.0 Å². The third kappa shape index (κ3) is 3.68. The second kappa shape index (κ2) is 5.93. The SMILES string of the molecule is CC[C@@H](O)[C@H](OCOC)[C@@H]1COC(C)(C)O1. The van der Waals surface area contributed by atoms with Crippen molar-refractivity contribution in [3.05, 3.63) is 0 Å². The van der Waals surface area contributed by atoms with Crippen LogP contribution in [0.1, 0.15) is 27.2 Å². The predicted octanol–water partition coefficient (Wildman–Crippen LogP) is 0.898. The van der Waals surface area contributed by atoms with Crippen LogP contribution in [0.4, 0.5) is 0 Å². The minimum Gasteiger partial charge on any atom is -0.390 e. The third-order valence-electron chi connectivity index (χ3n) is 2.57. The largest absolute Gasteiger partial charge is 0.390 e. The fourth-order valence-corrected chi connectivity index (χ4v) is 1.72. The minimum absolute atomic E-state index is 0.141. The van der Waals surface area contributed by atoms with Crippen LogP contribution in [-0.4, -0.2) is 49.7 Å². The molecule has 0 saturated carbocycles. The van der Waals surface area contributed by atoms with Gasteiger partial charge in [-0.3, -0.25) is 0 Å². The van der Waals surface area contributed by atoms with Crippen molar-refractivity contribution in [2.45, 2.75) is 51.3 Å². The molecule has 0 aliphatic carbocycles. The highest BCUT2D eigenvalue weighted by Crippen LogP contribution is 2.27. The summed E-state index contributed by atoms with van der Waals surface area (Å²) in [5.74, 6) is -0.604. The fraction of sp³-hybridized carbons (Fsp3) is 1.00. The van der Waals surface area contributed by atoms with Crippen LogP contribution in [0.25, 0.3) is 0 Å². The Balaban J connectivity index is 2.55. The van der Waals surface area contributed by atoms with Gasteiger partial charge in [0.2, 0.25) is 0 Å². The summed E-state index contributed by atoms with van der Waals surface area (Å²) in [4.78, 5) is 0. The van der Waals surface area contributed by atoms with Gasteiger partial charge in [-0.2, -0.15) is 0 Å². The molecule has 96 valence electrons. The van der Waals surface area contributed by atoms with Gasteiger partial charge in [-0.15, -0.1) is 0 Å². The minimum atomic E-state index is -0.604. The van der Waals surface area contributed by atoms with Gasteiger partial charge in [-0.1, -0.05) is 6.92 Å². The highest BCUT2D eigenvalue weighted by Gasteiger charge is 2.40. The van der Waals surface area contributed by atoms with E-state index in [4.69, 9.17) is 18.9 Å². The van der Waals surface area contributed by atoms with E-state index in [0.29, 0.717) is 13.0 Å². The van der Waals surface area contributed by atoms with E-state index in [1.165, 1.54) is 0 Å². The van der Waals surface area contributed by atoms with Gasteiger partial charge in [0.15, 0.2) is 5.79 Å². The van der Waals surface area contributed by atoms with E-state index in [-0.39, 0.29) is 12.9 Å². The Morgan fingerprint density at radius 3 is 2.62 bits per heavy atom. The quantitative estimate of drug-likeness (QED) is 0.692. The summed E-state index contributed by atoms with van der Waals surface area (Å²) < 4.78 is 21.4. The molecule has 1 N–H and O–H groups in total. The molecule has 0 spiro atoms. The first kappa shape index (κ1) is 13.9. The molecule has 0 radical (unpaired) electrons. The second-order valence-electron chi connectivity index (χ2n) is 4.38. The van der Waals surface area contributed by atoms with E-state index >= 15 is 0 Å². The van der Waals surface area contributed by atoms with Crippen molar-refractivity contribution in [3.8, 4) is 0 Å². The Morgan fingerprint density at radius 2 is 2.19 bits per heavy atom. The Morgan fingerprint density at radius 1 is 1.50 bits per heavy atom. The van der Waals surface area contributed by atoms with Gasteiger partial charge in [0.05, 0.1) is 12.7 Å². The van der Waals surface area contributed by atoms with Crippen LogP contribution in [0.3, 0.4) is 0 Å². The van der Waals surface area contributed by atoms with E-state index in [1.54, 1.807) is 7.11 Å². The summed E-state index contributed by atoms with van der Waals surface area (Å²) in [5, 5.41) is 9.86. The number of hydrogen-bond donors (Lipinski definition) is 1. The lowest BCUT2D eigenvalue weighted by Crippen LogP contribution is -2.42. The molecule has 0 bridgehead atoms. The lowest BCUT2D eigenvalue weighted by Gasteiger charge is -2.27. The predicted molar refractivity (Wildman–Crippen MR) is 58.0 cm³/mol. The lowest BCUT2D eigenvalue weighted by atomic mass is 10.1. The normalized spacial score (nSPS) is 27.9. The second-order valence-corrected chi connectivity index (χ2v) is 4.38. The van der Waals surface area contributed by atoms with Crippen LogP contribution in [0.15, 0.2) is 0 Å². The summed E-state index contributed by atoms with van der Waals surface area (Å²) in [6.45, 7) is 6.16. The molecule has 1 aliphatic rings. The van der Waals surface area contributed by atoms with Crippen molar-refractivity contribution in [1.82, 2.24) is 0 Å². The first-order chi connectivity index (χ1) is 7.50. The molecule has 5 nitrogen and oxygen atoms in total. The Bertz CT molecular complexity index is 207. The molecule has 0 aromatic carbocycles. The highest BCUT2D eigenvalue weighted by molar-refractivity contribution is 4.83. The van der Waals surface area contributed by atoms with Gasteiger partial charge in [-0.25, -0.2) is 0 Å². The molecule has 1 heterocycles. The summed E-state index contributed by atoms with van der Waals surface area (Å²) in [7, 11) is 1.55. The molecule has 16 heavy (non-hydrogen) atoms. The van der Waals surface area contributed by atoms with Crippen molar-refractivity contribution in [2.24, 2.45) is 0 Å². The van der Waals surface area contributed by atoms with Gasteiger partial charge in [0, 0.05) is 7.11 Å². The monoisotopic (exact) mass is 234 g/mol. The van der Waals surface area contributed by atoms with Crippen LogP contribution >= 0.6 is 0 Å². The summed E-state index contributed by atoms with van der Waals surface area (Å²) in [6, 6.07) is 0. The third-order valence-corrected chi connectivity index (χ3v) is 2.57. The smallest absolute Gasteiger partial charge is 0.163 e. The van der Waals surface area contributed by atoms with Gasteiger partial charge < -0.3 is 24.1 Å². The van der Waals surface area contributed by atoms with Crippen LogP contribution in [0, 0.1) is 0 Å². The fourth-order valence-electron chi connectivity index (χ4n) is 1.72. The van der Waals surface area contributed by atoms with E-state index in [1.807, 2.05) is 20.8 Å². The van der Waals surface area contributed by atoms with E-state index in [2.05, 4.69) is 0 Å². The lowest BCUT2D eigenvalue weighted by molar-refractivity contribution is -0.187. The zero-order valence-corrected chi connectivity index (χ0v) is 10.4. The average molecular weight is 234 g/mol. The standard InChI is InChI=1S/C11H22O5/c1-5-8(12)10(14-7-13-4)9-6-15-11(2,3)16-9/h8-10,12H,5-7H2,1-4H3/t8-,9+,10+/m1/s1. The molecule has 0 aromatic rings. The van der Waals surface area contributed by atoms with Crippen LogP contribution in [-0.2, 0) is 18.9 Å². The number of rotatable bonds is 6. The van der Waals surface area contributed by atoms with Crippen LogP contribution in [0.2, 0.25) is 0 Å². The van der Waals surface area contributed by atoms with Crippen molar-refractivity contribution in [1.29, 1.82) is 0 Å². The first-order valence-electron chi connectivity index (χ1n) is 5.60. The zero-order chi connectivity index (χ0) is 12.2. The van der Waals surface area contributed by atoms with E-state index in [0.717, 1.165) is 0 Å². The maximum absolute atomic E-state index is 9.86. The van der Waals surface area contributed by atoms with Gasteiger partial charge >= 0.3 is 0 Å². The molecule has 1 fully saturated rings. The molecular formula is C11H22O5. The van der Waals surface area contributed by atoms with Crippen molar-refractivity contribution >= 4 is 0 Å². The topological polar surface area (TPSA) is 57.2 Å². The molecule has 0 unspecified atom stereocenters. The number of hydrogen-bond acceptors (Lipinski definition) is 5. The maximum Gasteiger partial charge on any atom is 0.163 e. The first-order valence-corrected chi connectivity index (χ1v) is 5.60. The maximum atomic E-state index is 9.86. The molecule has 0 amide bonds. The van der Waals surface area contributed by atoms with Gasteiger partial charge in [0.25, 0.3) is 0 Å². The van der Waals surface area contributed by atoms with Gasteiger partial charge in [-0.05, 0) is 20.3 Å². The average Bonchev–Trinajstić information content (AvgIpc) is 2.59. The number of methoxy groups -OCH3 is 1. The van der Waals surface area contributed by atoms with Crippen molar-refractivity contribution in [2.75, 3.05) is 20.5 Å². The summed E-state index contributed by atoms with van der Waals surface area (Å²) >= 11 is 0. The summed E-state index contributed by atoms with van der Waals surface area (Å²) in [5.41, 5.74) is 0. The van der Waals surface area contributed by atoms with Gasteiger partial charge in [0.1, 0.15) is 19.0 Å². The molecule has 0 aromatic heterocycles. The molecule has 5 heteroatoms. The Hall–Kier alpha value is -0.200. The van der Waals surface area contributed by atoms with E-state index in [9.17, 15) is 5.11 Å². The van der Waals surface area contributed by atoms with Crippen molar-refractivity contribution < 1.29 is 24.1 Å². The Labute approximate surface area is 96.6 Å². The molecular weight excluding hydrogens is 212 g/mol. The Kier molecular flexibility index (Phi) is 5.14. The molecule has 1 saturated heterocycles. The summed E-state index contributed by atoms with van der Waals surface area (Å²) in [6.07, 6.45) is -0.626. The highest BCUT2D eigenvalue weighted by atomic mass is 16.8. The molecule has 3 atom stereocenters. The number of aliphatic hydroxyl groups is 1. The molecule has 1 aliphatic heterocycles.